The molecule has 0 aliphatic carbocycles. The molecule has 0 spiro atoms. The van der Waals surface area contributed by atoms with Gasteiger partial charge in [0.15, 0.2) is 0 Å². The van der Waals surface area contributed by atoms with Crippen molar-refractivity contribution in [3.05, 3.63) is 102 Å². The van der Waals surface area contributed by atoms with Gasteiger partial charge < -0.3 is 15.7 Å². The number of carboxylic acids is 1. The van der Waals surface area contributed by atoms with Crippen molar-refractivity contribution in [3.63, 3.8) is 0 Å². The summed E-state index contributed by atoms with van der Waals surface area (Å²) in [6.45, 7) is 1.82. The number of fused-ring (bicyclic) bond motifs is 1. The van der Waals surface area contributed by atoms with Crippen LogP contribution in [0.5, 0.6) is 0 Å². The highest BCUT2D eigenvalue weighted by molar-refractivity contribution is 8.00. The molecule has 1 unspecified atom stereocenters. The molecule has 0 heterocycles. The minimum atomic E-state index is -1.09. The summed E-state index contributed by atoms with van der Waals surface area (Å²) in [4.78, 5) is 38.1. The van der Waals surface area contributed by atoms with E-state index < -0.39 is 11.9 Å². The molecule has 2 amide bonds. The number of anilines is 2. The third-order valence-corrected chi connectivity index (χ3v) is 6.29. The summed E-state index contributed by atoms with van der Waals surface area (Å²) in [5.74, 6) is -1.62. The van der Waals surface area contributed by atoms with Crippen LogP contribution >= 0.6 is 11.8 Å². The number of rotatable bonds is 7. The van der Waals surface area contributed by atoms with E-state index in [1.807, 2.05) is 43.3 Å². The number of benzene rings is 4. The van der Waals surface area contributed by atoms with Crippen molar-refractivity contribution < 1.29 is 19.5 Å². The fourth-order valence-electron chi connectivity index (χ4n) is 3.58. The van der Waals surface area contributed by atoms with E-state index in [1.54, 1.807) is 48.5 Å². The summed E-state index contributed by atoms with van der Waals surface area (Å²) in [5, 5.41) is 16.0. The van der Waals surface area contributed by atoms with Crippen LogP contribution in [0.3, 0.4) is 0 Å². The molecule has 0 saturated heterocycles. The number of hydrogen-bond donors (Lipinski definition) is 3. The van der Waals surface area contributed by atoms with Crippen molar-refractivity contribution in [3.8, 4) is 0 Å². The number of carboxylic acid groups (broad SMARTS) is 1. The molecular weight excluding hydrogens is 448 g/mol. The zero-order chi connectivity index (χ0) is 24.1. The SMILES string of the molecule is CC(Sc1cccc(NC(=O)c2cccc3cccc(C(=O)O)c23)c1)C(=O)Nc1ccccc1. The standard InChI is InChI=1S/C27H22N2O4S/c1-17(25(30)28-19-10-3-2-4-11-19)34-21-13-7-12-20(16-21)29-26(31)22-14-5-8-18-9-6-15-23(24(18)22)27(32)33/h2-17H,1H3,(H,28,30)(H,29,31)(H,32,33). The second kappa shape index (κ2) is 10.2. The smallest absolute Gasteiger partial charge is 0.336 e. The fourth-order valence-corrected chi connectivity index (χ4v) is 4.50. The average molecular weight is 471 g/mol. The first-order valence-electron chi connectivity index (χ1n) is 10.6. The van der Waals surface area contributed by atoms with Gasteiger partial charge in [-0.3, -0.25) is 9.59 Å². The highest BCUT2D eigenvalue weighted by atomic mass is 32.2. The summed E-state index contributed by atoms with van der Waals surface area (Å²) in [5.41, 5.74) is 1.64. The minimum absolute atomic E-state index is 0.0748. The van der Waals surface area contributed by atoms with Crippen molar-refractivity contribution in [1.82, 2.24) is 0 Å². The van der Waals surface area contributed by atoms with Crippen LogP contribution in [0.15, 0.2) is 95.9 Å². The average Bonchev–Trinajstić information content (AvgIpc) is 2.84. The van der Waals surface area contributed by atoms with Crippen molar-refractivity contribution in [2.24, 2.45) is 0 Å². The second-order valence-electron chi connectivity index (χ2n) is 7.61. The summed E-state index contributed by atoms with van der Waals surface area (Å²) in [6.07, 6.45) is 0. The molecule has 0 aliphatic rings. The Hall–Kier alpha value is -4.10. The van der Waals surface area contributed by atoms with E-state index >= 15 is 0 Å². The van der Waals surface area contributed by atoms with E-state index in [0.29, 0.717) is 16.5 Å². The quantitative estimate of drug-likeness (QED) is 0.292. The van der Waals surface area contributed by atoms with Crippen molar-refractivity contribution in [1.29, 1.82) is 0 Å². The van der Waals surface area contributed by atoms with E-state index in [4.69, 9.17) is 0 Å². The predicted octanol–water partition coefficient (Wildman–Crippen LogP) is 5.91. The molecule has 4 aromatic rings. The second-order valence-corrected chi connectivity index (χ2v) is 9.03. The number of nitrogens with one attached hydrogen (secondary N) is 2. The molecule has 4 aromatic carbocycles. The Morgan fingerprint density at radius 3 is 2.12 bits per heavy atom. The van der Waals surface area contributed by atoms with Gasteiger partial charge in [-0.2, -0.15) is 0 Å². The van der Waals surface area contributed by atoms with Crippen LogP contribution in [-0.2, 0) is 4.79 Å². The molecule has 34 heavy (non-hydrogen) atoms. The highest BCUT2D eigenvalue weighted by Gasteiger charge is 2.18. The molecule has 6 nitrogen and oxygen atoms in total. The maximum atomic E-state index is 13.1. The van der Waals surface area contributed by atoms with Gasteiger partial charge in [-0.1, -0.05) is 48.5 Å². The molecule has 0 bridgehead atoms. The van der Waals surface area contributed by atoms with Crippen LogP contribution in [0, 0.1) is 0 Å². The lowest BCUT2D eigenvalue weighted by Gasteiger charge is -2.14. The maximum absolute atomic E-state index is 13.1. The largest absolute Gasteiger partial charge is 0.478 e. The van der Waals surface area contributed by atoms with Gasteiger partial charge in [0.1, 0.15) is 0 Å². The lowest BCUT2D eigenvalue weighted by atomic mass is 9.98. The van der Waals surface area contributed by atoms with Crippen molar-refractivity contribution in [2.45, 2.75) is 17.1 Å². The molecule has 0 aliphatic heterocycles. The normalized spacial score (nSPS) is 11.6. The van der Waals surface area contributed by atoms with E-state index in [0.717, 1.165) is 10.6 Å². The number of thioether (sulfide) groups is 1. The Balaban J connectivity index is 1.50. The fraction of sp³-hybridized carbons (Fsp3) is 0.0741. The van der Waals surface area contributed by atoms with Gasteiger partial charge in [0, 0.05) is 27.2 Å². The summed E-state index contributed by atoms with van der Waals surface area (Å²) in [6, 6.07) is 26.5. The van der Waals surface area contributed by atoms with Crippen LogP contribution in [0.25, 0.3) is 10.8 Å². The maximum Gasteiger partial charge on any atom is 0.336 e. The van der Waals surface area contributed by atoms with Gasteiger partial charge in [0.25, 0.3) is 5.91 Å². The molecular formula is C27H22N2O4S. The number of amides is 2. The number of carbonyl (C=O) groups excluding carboxylic acids is 2. The Morgan fingerprint density at radius 1 is 0.765 bits per heavy atom. The monoisotopic (exact) mass is 470 g/mol. The summed E-state index contributed by atoms with van der Waals surface area (Å²) < 4.78 is 0. The molecule has 1 atom stereocenters. The molecule has 3 N–H and O–H groups in total. The molecule has 7 heteroatoms. The first-order chi connectivity index (χ1) is 16.4. The van der Waals surface area contributed by atoms with E-state index in [9.17, 15) is 19.5 Å². The van der Waals surface area contributed by atoms with Crippen molar-refractivity contribution >= 4 is 51.7 Å². The van der Waals surface area contributed by atoms with Crippen molar-refractivity contribution in [2.75, 3.05) is 10.6 Å². The topological polar surface area (TPSA) is 95.5 Å². The molecule has 0 aromatic heterocycles. The van der Waals surface area contributed by atoms with E-state index in [2.05, 4.69) is 10.6 Å². The molecule has 0 fully saturated rings. The third-order valence-electron chi connectivity index (χ3n) is 5.20. The Morgan fingerprint density at radius 2 is 1.41 bits per heavy atom. The van der Waals surface area contributed by atoms with Gasteiger partial charge >= 0.3 is 5.97 Å². The minimum Gasteiger partial charge on any atom is -0.478 e. The Bertz CT molecular complexity index is 1370. The first kappa shape index (κ1) is 23.1. The van der Waals surface area contributed by atoms with Gasteiger partial charge in [0.2, 0.25) is 5.91 Å². The van der Waals surface area contributed by atoms with Gasteiger partial charge in [-0.15, -0.1) is 11.8 Å². The number of para-hydroxylation sites is 1. The number of aromatic carboxylic acids is 1. The molecule has 0 saturated carbocycles. The first-order valence-corrected chi connectivity index (χ1v) is 11.5. The molecule has 4 rings (SSSR count). The summed E-state index contributed by atoms with van der Waals surface area (Å²) in [7, 11) is 0. The summed E-state index contributed by atoms with van der Waals surface area (Å²) >= 11 is 1.38. The zero-order valence-corrected chi connectivity index (χ0v) is 19.1. The lowest BCUT2D eigenvalue weighted by Crippen LogP contribution is -2.22. The Kier molecular flexibility index (Phi) is 6.94. The molecule has 170 valence electrons. The third kappa shape index (κ3) is 5.27. The molecule has 0 radical (unpaired) electrons. The van der Waals surface area contributed by atoms with E-state index in [1.165, 1.54) is 17.8 Å². The van der Waals surface area contributed by atoms with Crippen LogP contribution in [0.4, 0.5) is 11.4 Å². The van der Waals surface area contributed by atoms with Gasteiger partial charge in [-0.25, -0.2) is 4.79 Å². The van der Waals surface area contributed by atoms with Gasteiger partial charge in [0.05, 0.1) is 10.8 Å². The van der Waals surface area contributed by atoms with Crippen LogP contribution in [0.1, 0.15) is 27.6 Å². The van der Waals surface area contributed by atoms with E-state index in [-0.39, 0.29) is 22.3 Å². The lowest BCUT2D eigenvalue weighted by molar-refractivity contribution is -0.115. The van der Waals surface area contributed by atoms with Crippen LogP contribution < -0.4 is 10.6 Å². The van der Waals surface area contributed by atoms with Crippen LogP contribution in [0.2, 0.25) is 0 Å². The van der Waals surface area contributed by atoms with Gasteiger partial charge in [-0.05, 0) is 54.8 Å². The van der Waals surface area contributed by atoms with Crippen LogP contribution in [-0.4, -0.2) is 28.1 Å². The number of carbonyl (C=O) groups is 3. The predicted molar refractivity (Wildman–Crippen MR) is 136 cm³/mol. The number of hydrogen-bond acceptors (Lipinski definition) is 4. The highest BCUT2D eigenvalue weighted by Crippen LogP contribution is 2.28. The zero-order valence-electron chi connectivity index (χ0n) is 18.3. The Labute approximate surface area is 201 Å².